The van der Waals surface area contributed by atoms with Crippen LogP contribution in [0.3, 0.4) is 0 Å². The first-order valence-corrected chi connectivity index (χ1v) is 9.92. The van der Waals surface area contributed by atoms with Crippen LogP contribution in [-0.4, -0.2) is 11.0 Å². The van der Waals surface area contributed by atoms with E-state index in [2.05, 4.69) is 4.98 Å². The third kappa shape index (κ3) is 4.94. The number of carbonyl (C=O) groups is 1. The number of hydrogen-bond acceptors (Lipinski definition) is 6. The summed E-state index contributed by atoms with van der Waals surface area (Å²) in [5.41, 5.74) is 1.85. The number of nitriles is 1. The number of hydrogen-bond donors (Lipinski definition) is 0. The summed E-state index contributed by atoms with van der Waals surface area (Å²) < 4.78 is 19.2. The molecule has 0 aliphatic rings. The molecule has 0 spiro atoms. The monoisotopic (exact) mass is 398 g/mol. The zero-order chi connectivity index (χ0) is 19.2. The van der Waals surface area contributed by atoms with Gasteiger partial charge in [0.1, 0.15) is 12.4 Å². The molecule has 136 valence electrons. The summed E-state index contributed by atoms with van der Waals surface area (Å²) in [5.74, 6) is -0.432. The quantitative estimate of drug-likeness (QED) is 0.426. The van der Waals surface area contributed by atoms with Crippen LogP contribution in [0.4, 0.5) is 4.39 Å². The lowest BCUT2D eigenvalue weighted by Gasteiger charge is -2.09. The predicted octanol–water partition coefficient (Wildman–Crippen LogP) is 5.11. The second-order valence-electron chi connectivity index (χ2n) is 5.64. The van der Waals surface area contributed by atoms with E-state index >= 15 is 0 Å². The van der Waals surface area contributed by atoms with Crippen LogP contribution in [-0.2, 0) is 17.1 Å². The average Bonchev–Trinajstić information content (AvgIpc) is 3.10. The summed E-state index contributed by atoms with van der Waals surface area (Å²) >= 11 is 3.09. The van der Waals surface area contributed by atoms with Crippen molar-refractivity contribution in [3.05, 3.63) is 81.1 Å². The molecule has 0 unspecified atom stereocenters. The minimum Gasteiger partial charge on any atom is -0.457 e. The van der Waals surface area contributed by atoms with Crippen LogP contribution in [0, 0.1) is 24.1 Å². The summed E-state index contributed by atoms with van der Waals surface area (Å²) in [4.78, 5) is 17.7. The Morgan fingerprint density at radius 1 is 1.33 bits per heavy atom. The molecule has 7 heteroatoms. The summed E-state index contributed by atoms with van der Waals surface area (Å²) in [5, 5.41) is 11.8. The van der Waals surface area contributed by atoms with Crippen LogP contribution in [0.2, 0.25) is 0 Å². The minimum absolute atomic E-state index is 0.194. The number of ether oxygens (including phenoxy) is 1. The Balaban J connectivity index is 1.67. The van der Waals surface area contributed by atoms with Gasteiger partial charge < -0.3 is 4.74 Å². The zero-order valence-corrected chi connectivity index (χ0v) is 16.1. The van der Waals surface area contributed by atoms with Gasteiger partial charge in [-0.15, -0.1) is 23.1 Å². The summed E-state index contributed by atoms with van der Waals surface area (Å²) in [6, 6.07) is 13.1. The number of carbonyl (C=O) groups excluding carboxylic acids is 1. The Kier molecular flexibility index (Phi) is 6.22. The van der Waals surface area contributed by atoms with Gasteiger partial charge in [-0.25, -0.2) is 14.2 Å². The van der Waals surface area contributed by atoms with E-state index in [9.17, 15) is 9.18 Å². The molecule has 1 aromatic heterocycles. The second kappa shape index (κ2) is 8.80. The zero-order valence-electron chi connectivity index (χ0n) is 14.4. The van der Waals surface area contributed by atoms with Crippen LogP contribution < -0.4 is 0 Å². The number of thioether (sulfide) groups is 1. The van der Waals surface area contributed by atoms with Crippen molar-refractivity contribution < 1.29 is 13.9 Å². The van der Waals surface area contributed by atoms with E-state index in [1.54, 1.807) is 23.5 Å². The topological polar surface area (TPSA) is 63.0 Å². The van der Waals surface area contributed by atoms with E-state index in [-0.39, 0.29) is 17.7 Å². The molecule has 0 saturated heterocycles. The standard InChI is InChI=1S/C20H15FN2O2S2/c1-13-23-16(11-26-13)12-27-19-5-3-2-4-17(19)20(24)25-10-15-7-6-14(9-22)8-18(15)21/h2-8,11H,10,12H2,1H3. The van der Waals surface area contributed by atoms with Crippen LogP contribution in [0.1, 0.15) is 32.2 Å². The highest BCUT2D eigenvalue weighted by molar-refractivity contribution is 7.98. The van der Waals surface area contributed by atoms with E-state index in [0.29, 0.717) is 11.3 Å². The van der Waals surface area contributed by atoms with Gasteiger partial charge in [0.2, 0.25) is 0 Å². The van der Waals surface area contributed by atoms with Crippen LogP contribution in [0.25, 0.3) is 0 Å². The number of nitrogens with zero attached hydrogens (tertiary/aromatic N) is 2. The molecule has 3 rings (SSSR count). The molecule has 0 radical (unpaired) electrons. The summed E-state index contributed by atoms with van der Waals surface area (Å²) in [7, 11) is 0. The van der Waals surface area contributed by atoms with Gasteiger partial charge in [0.25, 0.3) is 0 Å². The molecule has 0 fully saturated rings. The fourth-order valence-electron chi connectivity index (χ4n) is 2.34. The number of esters is 1. The van der Waals surface area contributed by atoms with Crippen molar-refractivity contribution in [2.75, 3.05) is 0 Å². The van der Waals surface area contributed by atoms with Crippen molar-refractivity contribution in [1.29, 1.82) is 5.26 Å². The highest BCUT2D eigenvalue weighted by Crippen LogP contribution is 2.27. The molecule has 1 heterocycles. The Hall–Kier alpha value is -2.69. The molecule has 3 aromatic rings. The molecule has 0 N–H and O–H groups in total. The van der Waals surface area contributed by atoms with Gasteiger partial charge in [-0.3, -0.25) is 0 Å². The number of benzene rings is 2. The molecule has 0 aliphatic heterocycles. The van der Waals surface area contributed by atoms with Crippen molar-refractivity contribution in [3.8, 4) is 6.07 Å². The minimum atomic E-state index is -0.566. The lowest BCUT2D eigenvalue weighted by atomic mass is 10.1. The maximum atomic E-state index is 13.9. The fourth-order valence-corrected chi connectivity index (χ4v) is 3.99. The SMILES string of the molecule is Cc1nc(CSc2ccccc2C(=O)OCc2ccc(C#N)cc2F)cs1. The molecule has 4 nitrogen and oxygen atoms in total. The van der Waals surface area contributed by atoms with Gasteiger partial charge in [-0.1, -0.05) is 18.2 Å². The van der Waals surface area contributed by atoms with Gasteiger partial charge in [0.05, 0.1) is 27.9 Å². The molecule has 0 amide bonds. The third-order valence-electron chi connectivity index (χ3n) is 3.69. The van der Waals surface area contributed by atoms with E-state index in [1.165, 1.54) is 23.9 Å². The first-order chi connectivity index (χ1) is 13.1. The highest BCUT2D eigenvalue weighted by Gasteiger charge is 2.15. The van der Waals surface area contributed by atoms with E-state index in [0.717, 1.165) is 21.7 Å². The molecule has 0 bridgehead atoms. The van der Waals surface area contributed by atoms with Gasteiger partial charge >= 0.3 is 5.97 Å². The molecule has 0 aliphatic carbocycles. The molecule has 0 saturated carbocycles. The van der Waals surface area contributed by atoms with Crippen molar-refractivity contribution in [2.45, 2.75) is 24.2 Å². The Morgan fingerprint density at radius 3 is 2.85 bits per heavy atom. The van der Waals surface area contributed by atoms with Gasteiger partial charge in [-0.05, 0) is 31.2 Å². The predicted molar refractivity (Wildman–Crippen MR) is 103 cm³/mol. The number of halogens is 1. The van der Waals surface area contributed by atoms with Crippen LogP contribution in [0.15, 0.2) is 52.7 Å². The Bertz CT molecular complexity index is 1010. The number of rotatable bonds is 6. The summed E-state index contributed by atoms with van der Waals surface area (Å²) in [6.45, 7) is 1.76. The normalized spacial score (nSPS) is 10.4. The summed E-state index contributed by atoms with van der Waals surface area (Å²) in [6.07, 6.45) is 0. The first-order valence-electron chi connectivity index (χ1n) is 8.05. The van der Waals surface area contributed by atoms with Crippen molar-refractivity contribution in [1.82, 2.24) is 4.98 Å². The van der Waals surface area contributed by atoms with Crippen molar-refractivity contribution in [2.24, 2.45) is 0 Å². The largest absolute Gasteiger partial charge is 0.457 e. The molecular weight excluding hydrogens is 383 g/mol. The first kappa shape index (κ1) is 19.1. The maximum absolute atomic E-state index is 13.9. The fraction of sp³-hybridized carbons (Fsp3) is 0.150. The third-order valence-corrected chi connectivity index (χ3v) is 5.62. The highest BCUT2D eigenvalue weighted by atomic mass is 32.2. The van der Waals surface area contributed by atoms with E-state index in [4.69, 9.17) is 10.00 Å². The lowest BCUT2D eigenvalue weighted by Crippen LogP contribution is -2.07. The van der Waals surface area contributed by atoms with E-state index < -0.39 is 11.8 Å². The number of thiazole rings is 1. The number of aromatic nitrogens is 1. The maximum Gasteiger partial charge on any atom is 0.339 e. The van der Waals surface area contributed by atoms with E-state index in [1.807, 2.05) is 30.5 Å². The van der Waals surface area contributed by atoms with Crippen molar-refractivity contribution >= 4 is 29.1 Å². The Morgan fingerprint density at radius 2 is 2.15 bits per heavy atom. The Labute approximate surface area is 164 Å². The second-order valence-corrected chi connectivity index (χ2v) is 7.72. The van der Waals surface area contributed by atoms with Crippen LogP contribution in [0.5, 0.6) is 0 Å². The van der Waals surface area contributed by atoms with Crippen LogP contribution >= 0.6 is 23.1 Å². The number of aryl methyl sites for hydroxylation is 1. The molecule has 0 atom stereocenters. The van der Waals surface area contributed by atoms with Crippen molar-refractivity contribution in [3.63, 3.8) is 0 Å². The van der Waals surface area contributed by atoms with Gasteiger partial charge in [0, 0.05) is 21.6 Å². The lowest BCUT2D eigenvalue weighted by molar-refractivity contribution is 0.0465. The smallest absolute Gasteiger partial charge is 0.339 e. The molecule has 27 heavy (non-hydrogen) atoms. The van der Waals surface area contributed by atoms with Gasteiger partial charge in [-0.2, -0.15) is 5.26 Å². The van der Waals surface area contributed by atoms with Gasteiger partial charge in [0.15, 0.2) is 0 Å². The average molecular weight is 398 g/mol. The molecular formula is C20H15FN2O2S2. The molecule has 2 aromatic carbocycles.